The molecule has 16 heavy (non-hydrogen) atoms. The van der Waals surface area contributed by atoms with E-state index in [1.54, 1.807) is 0 Å². The topological polar surface area (TPSA) is 3.24 Å². The van der Waals surface area contributed by atoms with E-state index < -0.39 is 0 Å². The molecule has 88 valence electrons. The first kappa shape index (κ1) is 12.2. The van der Waals surface area contributed by atoms with E-state index in [0.717, 1.165) is 41.2 Å². The standard InChI is InChI=1S/C13H17Cl2N/c1-10-5-7-16(8-6-10)9-11-12(14)3-2-4-13(11)15/h2-4,10H,5-9H2,1H3. The molecule has 0 N–H and O–H groups in total. The molecule has 1 aromatic carbocycles. The van der Waals surface area contributed by atoms with Crippen molar-refractivity contribution >= 4 is 23.2 Å². The Morgan fingerprint density at radius 1 is 1.19 bits per heavy atom. The summed E-state index contributed by atoms with van der Waals surface area (Å²) in [5.74, 6) is 0.859. The fourth-order valence-corrected chi connectivity index (χ4v) is 2.64. The Morgan fingerprint density at radius 2 is 1.75 bits per heavy atom. The number of halogens is 2. The summed E-state index contributed by atoms with van der Waals surface area (Å²) in [5, 5.41) is 1.57. The number of hydrogen-bond acceptors (Lipinski definition) is 1. The molecule has 1 aliphatic rings. The predicted octanol–water partition coefficient (Wildman–Crippen LogP) is 4.23. The van der Waals surface area contributed by atoms with Gasteiger partial charge in [-0.05, 0) is 44.0 Å². The maximum absolute atomic E-state index is 6.17. The van der Waals surface area contributed by atoms with Crippen LogP contribution in [-0.4, -0.2) is 18.0 Å². The first-order valence-electron chi connectivity index (χ1n) is 5.82. The molecule has 1 saturated heterocycles. The van der Waals surface area contributed by atoms with Crippen LogP contribution in [0.3, 0.4) is 0 Å². The summed E-state index contributed by atoms with van der Waals surface area (Å²) in [6.07, 6.45) is 2.56. The highest BCUT2D eigenvalue weighted by Gasteiger charge is 2.17. The molecule has 1 aliphatic heterocycles. The van der Waals surface area contributed by atoms with Crippen molar-refractivity contribution in [3.05, 3.63) is 33.8 Å². The Hall–Kier alpha value is -0.240. The summed E-state index contributed by atoms with van der Waals surface area (Å²) in [6.45, 7) is 5.51. The summed E-state index contributed by atoms with van der Waals surface area (Å²) >= 11 is 12.3. The Kier molecular flexibility index (Phi) is 4.12. The fourth-order valence-electron chi connectivity index (χ4n) is 2.13. The largest absolute Gasteiger partial charge is 0.299 e. The molecule has 0 amide bonds. The van der Waals surface area contributed by atoms with E-state index >= 15 is 0 Å². The maximum Gasteiger partial charge on any atom is 0.0465 e. The summed E-state index contributed by atoms with van der Waals surface area (Å²) < 4.78 is 0. The van der Waals surface area contributed by atoms with E-state index in [0.29, 0.717) is 0 Å². The van der Waals surface area contributed by atoms with E-state index in [1.165, 1.54) is 12.8 Å². The number of likely N-dealkylation sites (tertiary alicyclic amines) is 1. The van der Waals surface area contributed by atoms with Gasteiger partial charge in [0, 0.05) is 22.2 Å². The van der Waals surface area contributed by atoms with Crippen molar-refractivity contribution in [1.82, 2.24) is 4.90 Å². The van der Waals surface area contributed by atoms with Crippen LogP contribution in [0.4, 0.5) is 0 Å². The van der Waals surface area contributed by atoms with Crippen LogP contribution in [0, 0.1) is 5.92 Å². The van der Waals surface area contributed by atoms with E-state index in [4.69, 9.17) is 23.2 Å². The zero-order valence-electron chi connectivity index (χ0n) is 9.55. The number of nitrogens with zero attached hydrogens (tertiary/aromatic N) is 1. The second-order valence-electron chi connectivity index (χ2n) is 4.66. The van der Waals surface area contributed by atoms with Crippen molar-refractivity contribution in [3.63, 3.8) is 0 Å². The summed E-state index contributed by atoms with van der Waals surface area (Å²) in [4.78, 5) is 2.44. The molecule has 3 heteroatoms. The van der Waals surface area contributed by atoms with Gasteiger partial charge in [-0.1, -0.05) is 36.2 Å². The maximum atomic E-state index is 6.17. The van der Waals surface area contributed by atoms with Crippen LogP contribution >= 0.6 is 23.2 Å². The monoisotopic (exact) mass is 257 g/mol. The average molecular weight is 258 g/mol. The molecule has 1 nitrogen and oxygen atoms in total. The van der Waals surface area contributed by atoms with E-state index in [9.17, 15) is 0 Å². The molecule has 1 fully saturated rings. The van der Waals surface area contributed by atoms with E-state index in [2.05, 4.69) is 11.8 Å². The quantitative estimate of drug-likeness (QED) is 0.767. The zero-order valence-corrected chi connectivity index (χ0v) is 11.1. The van der Waals surface area contributed by atoms with Gasteiger partial charge in [-0.2, -0.15) is 0 Å². The second kappa shape index (κ2) is 5.39. The third kappa shape index (κ3) is 2.91. The van der Waals surface area contributed by atoms with Crippen LogP contribution < -0.4 is 0 Å². The van der Waals surface area contributed by atoms with Gasteiger partial charge < -0.3 is 0 Å². The van der Waals surface area contributed by atoms with Gasteiger partial charge in [0.05, 0.1) is 0 Å². The third-order valence-electron chi connectivity index (χ3n) is 3.32. The summed E-state index contributed by atoms with van der Waals surface area (Å²) in [7, 11) is 0. The highest BCUT2D eigenvalue weighted by molar-refractivity contribution is 6.35. The number of rotatable bonds is 2. The van der Waals surface area contributed by atoms with Crippen LogP contribution in [0.25, 0.3) is 0 Å². The molecule has 0 atom stereocenters. The fraction of sp³-hybridized carbons (Fsp3) is 0.538. The van der Waals surface area contributed by atoms with E-state index in [-0.39, 0.29) is 0 Å². The van der Waals surface area contributed by atoms with Gasteiger partial charge in [-0.25, -0.2) is 0 Å². The van der Waals surface area contributed by atoms with Crippen LogP contribution in [0.1, 0.15) is 25.3 Å². The van der Waals surface area contributed by atoms with Gasteiger partial charge in [0.2, 0.25) is 0 Å². The molecule has 0 radical (unpaired) electrons. The average Bonchev–Trinajstić information content (AvgIpc) is 2.26. The van der Waals surface area contributed by atoms with Crippen molar-refractivity contribution in [1.29, 1.82) is 0 Å². The third-order valence-corrected chi connectivity index (χ3v) is 4.03. The Morgan fingerprint density at radius 3 is 2.31 bits per heavy atom. The normalized spacial score (nSPS) is 18.9. The highest BCUT2D eigenvalue weighted by Crippen LogP contribution is 2.27. The van der Waals surface area contributed by atoms with Gasteiger partial charge in [0.1, 0.15) is 0 Å². The van der Waals surface area contributed by atoms with Crippen LogP contribution in [0.2, 0.25) is 10.0 Å². The van der Waals surface area contributed by atoms with Crippen molar-refractivity contribution in [2.24, 2.45) is 5.92 Å². The number of hydrogen-bond donors (Lipinski definition) is 0. The minimum Gasteiger partial charge on any atom is -0.299 e. The molecular formula is C13H17Cl2N. The van der Waals surface area contributed by atoms with E-state index in [1.807, 2.05) is 18.2 Å². The lowest BCUT2D eigenvalue weighted by Crippen LogP contribution is -2.32. The smallest absolute Gasteiger partial charge is 0.0465 e. The molecular weight excluding hydrogens is 241 g/mol. The first-order chi connectivity index (χ1) is 7.66. The molecule has 2 rings (SSSR count). The van der Waals surface area contributed by atoms with Crippen LogP contribution in [-0.2, 0) is 6.54 Å². The van der Waals surface area contributed by atoms with Gasteiger partial charge in [0.25, 0.3) is 0 Å². The van der Waals surface area contributed by atoms with Gasteiger partial charge in [0.15, 0.2) is 0 Å². The number of piperidine rings is 1. The first-order valence-corrected chi connectivity index (χ1v) is 6.57. The molecule has 0 unspecified atom stereocenters. The lowest BCUT2D eigenvalue weighted by molar-refractivity contribution is 0.185. The molecule has 0 saturated carbocycles. The summed E-state index contributed by atoms with van der Waals surface area (Å²) in [5.41, 5.74) is 1.07. The van der Waals surface area contributed by atoms with Crippen molar-refractivity contribution in [2.45, 2.75) is 26.3 Å². The van der Waals surface area contributed by atoms with Crippen molar-refractivity contribution < 1.29 is 0 Å². The zero-order chi connectivity index (χ0) is 11.5. The minimum atomic E-state index is 0.783. The van der Waals surface area contributed by atoms with Crippen molar-refractivity contribution in [2.75, 3.05) is 13.1 Å². The lowest BCUT2D eigenvalue weighted by atomic mass is 9.99. The SMILES string of the molecule is CC1CCN(Cc2c(Cl)cccc2Cl)CC1. The van der Waals surface area contributed by atoms with Gasteiger partial charge >= 0.3 is 0 Å². The van der Waals surface area contributed by atoms with Gasteiger partial charge in [-0.15, -0.1) is 0 Å². The van der Waals surface area contributed by atoms with Gasteiger partial charge in [-0.3, -0.25) is 4.90 Å². The Bertz CT molecular complexity index is 337. The Balaban J connectivity index is 2.04. The Labute approximate surface area is 107 Å². The lowest BCUT2D eigenvalue weighted by Gasteiger charge is -2.30. The molecule has 0 aliphatic carbocycles. The molecule has 1 heterocycles. The summed E-state index contributed by atoms with van der Waals surface area (Å²) in [6, 6.07) is 5.72. The second-order valence-corrected chi connectivity index (χ2v) is 5.47. The minimum absolute atomic E-state index is 0.783. The molecule has 0 bridgehead atoms. The van der Waals surface area contributed by atoms with Crippen molar-refractivity contribution in [3.8, 4) is 0 Å². The van der Waals surface area contributed by atoms with Crippen LogP contribution in [0.15, 0.2) is 18.2 Å². The number of benzene rings is 1. The molecule has 1 aromatic rings. The van der Waals surface area contributed by atoms with Crippen LogP contribution in [0.5, 0.6) is 0 Å². The molecule has 0 aromatic heterocycles. The predicted molar refractivity (Wildman–Crippen MR) is 70.1 cm³/mol. The molecule has 0 spiro atoms. The highest BCUT2D eigenvalue weighted by atomic mass is 35.5.